The molecule has 1 aromatic heterocycles. The Kier molecular flexibility index (Phi) is 3.96. The van der Waals surface area contributed by atoms with E-state index in [-0.39, 0.29) is 6.61 Å². The molecule has 2 rings (SSSR count). The second kappa shape index (κ2) is 5.66. The minimum atomic E-state index is -0.0910. The van der Waals surface area contributed by atoms with Crippen molar-refractivity contribution in [1.29, 1.82) is 0 Å². The van der Waals surface area contributed by atoms with E-state index in [9.17, 15) is 5.11 Å². The Morgan fingerprint density at radius 1 is 1.18 bits per heavy atom. The van der Waals surface area contributed by atoms with Gasteiger partial charge in [0, 0.05) is 18.0 Å². The van der Waals surface area contributed by atoms with E-state index in [1.165, 1.54) is 0 Å². The number of benzene rings is 1. The maximum absolute atomic E-state index is 9.19. The molecule has 1 aromatic carbocycles. The van der Waals surface area contributed by atoms with E-state index < -0.39 is 0 Å². The number of hydrogen-bond acceptors (Lipinski definition) is 3. The summed E-state index contributed by atoms with van der Waals surface area (Å²) < 4.78 is 5.63. The normalized spacial score (nSPS) is 10.2. The number of hydrogen-bond donors (Lipinski definition) is 1. The number of halogens is 1. The highest BCUT2D eigenvalue weighted by molar-refractivity contribution is 6.32. The average Bonchev–Trinajstić information content (AvgIpc) is 2.38. The van der Waals surface area contributed by atoms with Gasteiger partial charge in [0.15, 0.2) is 0 Å². The molecule has 1 heterocycles. The molecule has 0 atom stereocenters. The predicted molar refractivity (Wildman–Crippen MR) is 65.9 cm³/mol. The molecule has 17 heavy (non-hydrogen) atoms. The fourth-order valence-electron chi connectivity index (χ4n) is 1.47. The monoisotopic (exact) mass is 249 g/mol. The molecule has 0 spiro atoms. The van der Waals surface area contributed by atoms with Gasteiger partial charge in [0.2, 0.25) is 0 Å². The van der Waals surface area contributed by atoms with Gasteiger partial charge in [-0.3, -0.25) is 4.98 Å². The van der Waals surface area contributed by atoms with E-state index in [4.69, 9.17) is 16.3 Å². The third kappa shape index (κ3) is 2.96. The molecule has 0 fully saturated rings. The number of pyridine rings is 1. The fraction of sp³-hybridized carbons (Fsp3) is 0.154. The van der Waals surface area contributed by atoms with Crippen molar-refractivity contribution in [2.24, 2.45) is 0 Å². The first-order chi connectivity index (χ1) is 8.31. The quantitative estimate of drug-likeness (QED) is 0.906. The van der Waals surface area contributed by atoms with Gasteiger partial charge in [-0.25, -0.2) is 0 Å². The highest BCUT2D eigenvalue weighted by Gasteiger charge is 2.07. The Morgan fingerprint density at radius 2 is 1.94 bits per heavy atom. The molecule has 0 bridgehead atoms. The Bertz CT molecular complexity index is 488. The number of para-hydroxylation sites is 1. The minimum Gasteiger partial charge on any atom is -0.487 e. The van der Waals surface area contributed by atoms with Crippen molar-refractivity contribution in [3.63, 3.8) is 0 Å². The summed E-state index contributed by atoms with van der Waals surface area (Å²) in [5, 5.41) is 9.70. The van der Waals surface area contributed by atoms with Gasteiger partial charge in [0.25, 0.3) is 0 Å². The van der Waals surface area contributed by atoms with Crippen LogP contribution in [0.2, 0.25) is 5.02 Å². The van der Waals surface area contributed by atoms with Gasteiger partial charge in [0.05, 0.1) is 11.6 Å². The number of aliphatic hydroxyl groups excluding tert-OH is 1. The highest BCUT2D eigenvalue weighted by Crippen LogP contribution is 2.29. The minimum absolute atomic E-state index is 0.0910. The number of ether oxygens (including phenoxy) is 1. The number of rotatable bonds is 4. The van der Waals surface area contributed by atoms with Crippen LogP contribution in [0.3, 0.4) is 0 Å². The van der Waals surface area contributed by atoms with Crippen LogP contribution in [0.1, 0.15) is 11.1 Å². The maximum Gasteiger partial charge on any atom is 0.143 e. The first kappa shape index (κ1) is 11.9. The Balaban J connectivity index is 2.14. The van der Waals surface area contributed by atoms with Crippen molar-refractivity contribution in [2.45, 2.75) is 13.2 Å². The third-order valence-corrected chi connectivity index (χ3v) is 2.65. The summed E-state index contributed by atoms with van der Waals surface area (Å²) in [4.78, 5) is 3.93. The number of aromatic nitrogens is 1. The Hall–Kier alpha value is -1.58. The van der Waals surface area contributed by atoms with Gasteiger partial charge in [-0.2, -0.15) is 0 Å². The highest BCUT2D eigenvalue weighted by atomic mass is 35.5. The molecule has 0 radical (unpaired) electrons. The van der Waals surface area contributed by atoms with E-state index >= 15 is 0 Å². The Morgan fingerprint density at radius 3 is 2.65 bits per heavy atom. The second-order valence-electron chi connectivity index (χ2n) is 3.53. The van der Waals surface area contributed by atoms with Gasteiger partial charge in [-0.15, -0.1) is 0 Å². The van der Waals surface area contributed by atoms with Crippen molar-refractivity contribution in [1.82, 2.24) is 4.98 Å². The van der Waals surface area contributed by atoms with Gasteiger partial charge in [-0.05, 0) is 23.8 Å². The van der Waals surface area contributed by atoms with Gasteiger partial charge < -0.3 is 9.84 Å². The van der Waals surface area contributed by atoms with Crippen LogP contribution in [-0.2, 0) is 13.2 Å². The second-order valence-corrected chi connectivity index (χ2v) is 3.94. The SMILES string of the molecule is OCc1cccc(Cl)c1OCc1ccncc1. The third-order valence-electron chi connectivity index (χ3n) is 2.35. The van der Waals surface area contributed by atoms with Crippen molar-refractivity contribution in [2.75, 3.05) is 0 Å². The van der Waals surface area contributed by atoms with Crippen LogP contribution in [0.4, 0.5) is 0 Å². The van der Waals surface area contributed by atoms with Crippen LogP contribution in [0.5, 0.6) is 5.75 Å². The molecule has 0 saturated carbocycles. The summed E-state index contributed by atoms with van der Waals surface area (Å²) in [6, 6.07) is 9.05. The molecule has 0 aliphatic rings. The first-order valence-electron chi connectivity index (χ1n) is 5.21. The molecular formula is C13H12ClNO2. The fourth-order valence-corrected chi connectivity index (χ4v) is 1.72. The van der Waals surface area contributed by atoms with Crippen LogP contribution >= 0.6 is 11.6 Å². The lowest BCUT2D eigenvalue weighted by Crippen LogP contribution is -1.99. The van der Waals surface area contributed by atoms with E-state index in [1.54, 1.807) is 30.6 Å². The predicted octanol–water partition coefficient (Wildman–Crippen LogP) is 2.81. The van der Waals surface area contributed by atoms with Crippen LogP contribution in [-0.4, -0.2) is 10.1 Å². The summed E-state index contributed by atoms with van der Waals surface area (Å²) in [5.74, 6) is 0.536. The van der Waals surface area contributed by atoms with E-state index in [0.717, 1.165) is 5.56 Å². The lowest BCUT2D eigenvalue weighted by molar-refractivity contribution is 0.259. The summed E-state index contributed by atoms with van der Waals surface area (Å²) in [5.41, 5.74) is 1.69. The molecule has 0 aliphatic carbocycles. The summed E-state index contributed by atoms with van der Waals surface area (Å²) in [6.45, 7) is 0.311. The van der Waals surface area contributed by atoms with Crippen molar-refractivity contribution in [3.8, 4) is 5.75 Å². The molecule has 4 heteroatoms. The molecule has 2 aromatic rings. The molecule has 88 valence electrons. The molecular weight excluding hydrogens is 238 g/mol. The van der Waals surface area contributed by atoms with E-state index in [1.807, 2.05) is 12.1 Å². The van der Waals surface area contributed by atoms with Crippen LogP contribution < -0.4 is 4.74 Å². The van der Waals surface area contributed by atoms with Crippen LogP contribution in [0.15, 0.2) is 42.7 Å². The Labute approximate surface area is 105 Å². The zero-order valence-corrected chi connectivity index (χ0v) is 9.89. The first-order valence-corrected chi connectivity index (χ1v) is 5.59. The zero-order chi connectivity index (χ0) is 12.1. The molecule has 0 unspecified atom stereocenters. The largest absolute Gasteiger partial charge is 0.487 e. The summed E-state index contributed by atoms with van der Waals surface area (Å²) >= 11 is 6.03. The van der Waals surface area contributed by atoms with Crippen LogP contribution in [0, 0.1) is 0 Å². The number of aliphatic hydroxyl groups is 1. The lowest BCUT2D eigenvalue weighted by atomic mass is 10.2. The zero-order valence-electron chi connectivity index (χ0n) is 9.14. The maximum atomic E-state index is 9.19. The average molecular weight is 250 g/mol. The van der Waals surface area contributed by atoms with Gasteiger partial charge in [-0.1, -0.05) is 23.7 Å². The molecule has 0 saturated heterocycles. The standard InChI is InChI=1S/C13H12ClNO2/c14-12-3-1-2-11(8-16)13(12)17-9-10-4-6-15-7-5-10/h1-7,16H,8-9H2. The topological polar surface area (TPSA) is 42.4 Å². The molecule has 0 amide bonds. The van der Waals surface area contributed by atoms with Gasteiger partial charge in [0.1, 0.15) is 12.4 Å². The number of nitrogens with zero attached hydrogens (tertiary/aromatic N) is 1. The van der Waals surface area contributed by atoms with Crippen LogP contribution in [0.25, 0.3) is 0 Å². The van der Waals surface area contributed by atoms with Crippen molar-refractivity contribution < 1.29 is 9.84 Å². The summed E-state index contributed by atoms with van der Waals surface area (Å²) in [7, 11) is 0. The lowest BCUT2D eigenvalue weighted by Gasteiger charge is -2.11. The van der Waals surface area contributed by atoms with Gasteiger partial charge >= 0.3 is 0 Å². The van der Waals surface area contributed by atoms with Crippen molar-refractivity contribution >= 4 is 11.6 Å². The van der Waals surface area contributed by atoms with Crippen molar-refractivity contribution in [3.05, 3.63) is 58.9 Å². The van der Waals surface area contributed by atoms with E-state index in [0.29, 0.717) is 22.9 Å². The van der Waals surface area contributed by atoms with E-state index in [2.05, 4.69) is 4.98 Å². The molecule has 0 aliphatic heterocycles. The smallest absolute Gasteiger partial charge is 0.143 e. The molecule has 3 nitrogen and oxygen atoms in total. The molecule has 1 N–H and O–H groups in total. The summed E-state index contributed by atoms with van der Waals surface area (Å²) in [6.07, 6.45) is 3.41.